The van der Waals surface area contributed by atoms with Gasteiger partial charge in [0.15, 0.2) is 0 Å². The van der Waals surface area contributed by atoms with Crippen molar-refractivity contribution in [2.75, 3.05) is 0 Å². The predicted molar refractivity (Wildman–Crippen MR) is 105 cm³/mol. The summed E-state index contributed by atoms with van der Waals surface area (Å²) < 4.78 is 7.50. The quantitative estimate of drug-likeness (QED) is 0.497. The Morgan fingerprint density at radius 2 is 1.70 bits per heavy atom. The number of hydrogen-bond acceptors (Lipinski definition) is 3. The molecule has 0 saturated heterocycles. The second-order valence-corrected chi connectivity index (χ2v) is 6.61. The van der Waals surface area contributed by atoms with Crippen molar-refractivity contribution in [3.63, 3.8) is 0 Å². The maximum Gasteiger partial charge on any atom is 0.200 e. The molecule has 4 nitrogen and oxygen atoms in total. The second kappa shape index (κ2) is 7.06. The largest absolute Gasteiger partial charge is 0.494 e. The lowest BCUT2D eigenvalue weighted by Gasteiger charge is -2.08. The van der Waals surface area contributed by atoms with Gasteiger partial charge >= 0.3 is 0 Å². The lowest BCUT2D eigenvalue weighted by atomic mass is 10.1. The van der Waals surface area contributed by atoms with Crippen LogP contribution in [0.4, 0.5) is 0 Å². The Balaban J connectivity index is 1.59. The van der Waals surface area contributed by atoms with Crippen LogP contribution in [0.15, 0.2) is 72.9 Å². The Kier molecular flexibility index (Phi) is 4.45. The molecule has 0 amide bonds. The topological polar surface area (TPSA) is 58.2 Å². The zero-order valence-corrected chi connectivity index (χ0v) is 15.0. The van der Waals surface area contributed by atoms with Gasteiger partial charge in [0.2, 0.25) is 5.88 Å². The number of ether oxygens (including phenoxy) is 1. The van der Waals surface area contributed by atoms with Crippen molar-refractivity contribution < 1.29 is 9.84 Å². The monoisotopic (exact) mass is 374 g/mol. The van der Waals surface area contributed by atoms with Gasteiger partial charge in [-0.15, -0.1) is 0 Å². The summed E-state index contributed by atoms with van der Waals surface area (Å²) in [4.78, 5) is 0. The highest BCUT2D eigenvalue weighted by Gasteiger charge is 2.14. The third kappa shape index (κ3) is 3.46. The molecular weight excluding hydrogens is 360 g/mol. The normalized spacial score (nSPS) is 10.7. The minimum Gasteiger partial charge on any atom is -0.494 e. The van der Waals surface area contributed by atoms with Gasteiger partial charge in [0.05, 0.1) is 17.5 Å². The number of nitrogens with zero attached hydrogens (tertiary/aromatic N) is 2. The van der Waals surface area contributed by atoms with Crippen molar-refractivity contribution in [3.8, 4) is 23.4 Å². The molecule has 0 aliphatic heterocycles. The molecule has 3 aromatic carbocycles. The van der Waals surface area contributed by atoms with Gasteiger partial charge in [-0.2, -0.15) is 5.26 Å². The molecule has 0 bridgehead atoms. The van der Waals surface area contributed by atoms with Gasteiger partial charge in [0.25, 0.3) is 0 Å². The van der Waals surface area contributed by atoms with E-state index in [9.17, 15) is 10.4 Å². The van der Waals surface area contributed by atoms with E-state index in [0.717, 1.165) is 22.4 Å². The van der Waals surface area contributed by atoms with Crippen LogP contribution in [0.3, 0.4) is 0 Å². The smallest absolute Gasteiger partial charge is 0.200 e. The zero-order valence-electron chi connectivity index (χ0n) is 14.3. The number of fused-ring (bicyclic) bond motifs is 1. The highest BCUT2D eigenvalue weighted by molar-refractivity contribution is 6.31. The molecule has 5 heteroatoms. The Labute approximate surface area is 161 Å². The number of halogens is 1. The van der Waals surface area contributed by atoms with Crippen molar-refractivity contribution in [3.05, 3.63) is 89.1 Å². The molecule has 0 saturated carbocycles. The lowest BCUT2D eigenvalue weighted by molar-refractivity contribution is 0.430. The molecule has 0 unspecified atom stereocenters. The third-order valence-corrected chi connectivity index (χ3v) is 4.52. The molecule has 4 aromatic rings. The maximum atomic E-state index is 10.5. The van der Waals surface area contributed by atoms with Crippen molar-refractivity contribution in [2.45, 2.75) is 6.54 Å². The first-order valence-corrected chi connectivity index (χ1v) is 8.75. The first-order valence-electron chi connectivity index (χ1n) is 8.37. The highest BCUT2D eigenvalue weighted by atomic mass is 35.5. The van der Waals surface area contributed by atoms with E-state index in [1.807, 2.05) is 54.6 Å². The molecule has 0 fully saturated rings. The fraction of sp³-hybridized carbons (Fsp3) is 0.0455. The highest BCUT2D eigenvalue weighted by Crippen LogP contribution is 2.33. The molecule has 1 heterocycles. The third-order valence-electron chi connectivity index (χ3n) is 4.30. The lowest BCUT2D eigenvalue weighted by Crippen LogP contribution is -1.97. The molecule has 0 aliphatic rings. The van der Waals surface area contributed by atoms with Crippen LogP contribution in [0.2, 0.25) is 5.02 Å². The van der Waals surface area contributed by atoms with Gasteiger partial charge in [-0.05, 0) is 42.0 Å². The van der Waals surface area contributed by atoms with Crippen molar-refractivity contribution >= 4 is 22.4 Å². The van der Waals surface area contributed by atoms with Crippen LogP contribution in [-0.2, 0) is 6.54 Å². The number of aromatic hydroxyl groups is 1. The standard InChI is InChI=1S/C22H15ClN2O2/c23-18-10-16(12-24)21-17(11-18)14-25(22(21)26)13-15-6-8-20(9-7-15)27-19-4-2-1-3-5-19/h1-11,14,26H,13H2. The van der Waals surface area contributed by atoms with Crippen LogP contribution in [0, 0.1) is 11.3 Å². The number of benzene rings is 3. The molecule has 132 valence electrons. The molecule has 27 heavy (non-hydrogen) atoms. The minimum absolute atomic E-state index is 0.0582. The summed E-state index contributed by atoms with van der Waals surface area (Å²) in [6, 6.07) is 22.6. The predicted octanol–water partition coefficient (Wildman–Crippen LogP) is 5.71. The van der Waals surface area contributed by atoms with Gasteiger partial charge in [0, 0.05) is 16.6 Å². The molecule has 0 spiro atoms. The van der Waals surface area contributed by atoms with Gasteiger partial charge in [-0.3, -0.25) is 0 Å². The number of aromatic nitrogens is 1. The molecular formula is C22H15ClN2O2. The molecule has 0 aliphatic carbocycles. The Hall–Kier alpha value is -3.42. The number of para-hydroxylation sites is 1. The van der Waals surface area contributed by atoms with E-state index in [4.69, 9.17) is 16.3 Å². The number of hydrogen-bond donors (Lipinski definition) is 1. The first kappa shape index (κ1) is 17.0. The first-order chi connectivity index (χ1) is 13.1. The average Bonchev–Trinajstić information content (AvgIpc) is 2.99. The maximum absolute atomic E-state index is 10.5. The number of nitriles is 1. The Morgan fingerprint density at radius 1 is 1.00 bits per heavy atom. The fourth-order valence-corrected chi connectivity index (χ4v) is 3.27. The molecule has 1 N–H and O–H groups in total. The summed E-state index contributed by atoms with van der Waals surface area (Å²) in [7, 11) is 0. The second-order valence-electron chi connectivity index (χ2n) is 6.17. The SMILES string of the molecule is N#Cc1cc(Cl)cc2cn(Cc3ccc(Oc4ccccc4)cc3)c(O)c12. The van der Waals surface area contributed by atoms with E-state index >= 15 is 0 Å². The van der Waals surface area contributed by atoms with E-state index < -0.39 is 0 Å². The van der Waals surface area contributed by atoms with Crippen LogP contribution in [0.1, 0.15) is 11.1 Å². The van der Waals surface area contributed by atoms with Gasteiger partial charge in [0.1, 0.15) is 17.6 Å². The van der Waals surface area contributed by atoms with Gasteiger partial charge < -0.3 is 14.4 Å². The summed E-state index contributed by atoms with van der Waals surface area (Å²) >= 11 is 6.05. The summed E-state index contributed by atoms with van der Waals surface area (Å²) in [5.41, 5.74) is 1.36. The summed E-state index contributed by atoms with van der Waals surface area (Å²) in [5.74, 6) is 1.58. The van der Waals surface area contributed by atoms with Crippen LogP contribution < -0.4 is 4.74 Å². The van der Waals surface area contributed by atoms with Crippen LogP contribution >= 0.6 is 11.6 Å². The van der Waals surface area contributed by atoms with Crippen molar-refractivity contribution in [1.29, 1.82) is 5.26 Å². The number of rotatable bonds is 4. The summed E-state index contributed by atoms with van der Waals surface area (Å²) in [6.45, 7) is 0.467. The van der Waals surface area contributed by atoms with E-state index in [1.165, 1.54) is 0 Å². The van der Waals surface area contributed by atoms with Crippen molar-refractivity contribution in [2.24, 2.45) is 0 Å². The molecule has 4 rings (SSSR count). The van der Waals surface area contributed by atoms with E-state index in [1.54, 1.807) is 22.9 Å². The minimum atomic E-state index is 0.0582. The fourth-order valence-electron chi connectivity index (χ4n) is 3.04. The summed E-state index contributed by atoms with van der Waals surface area (Å²) in [5, 5.41) is 21.6. The summed E-state index contributed by atoms with van der Waals surface area (Å²) in [6.07, 6.45) is 1.80. The van der Waals surface area contributed by atoms with E-state index in [-0.39, 0.29) is 5.88 Å². The average molecular weight is 375 g/mol. The van der Waals surface area contributed by atoms with Crippen molar-refractivity contribution in [1.82, 2.24) is 4.57 Å². The molecule has 1 aromatic heterocycles. The van der Waals surface area contributed by atoms with E-state index in [0.29, 0.717) is 22.5 Å². The van der Waals surface area contributed by atoms with Crippen LogP contribution in [0.25, 0.3) is 10.8 Å². The van der Waals surface area contributed by atoms with Crippen LogP contribution in [-0.4, -0.2) is 9.67 Å². The van der Waals surface area contributed by atoms with Gasteiger partial charge in [-0.25, -0.2) is 0 Å². The molecule has 0 radical (unpaired) electrons. The Bertz CT molecular complexity index is 1140. The van der Waals surface area contributed by atoms with Crippen LogP contribution in [0.5, 0.6) is 17.4 Å². The zero-order chi connectivity index (χ0) is 18.8. The Morgan fingerprint density at radius 3 is 2.41 bits per heavy atom. The molecule has 0 atom stereocenters. The van der Waals surface area contributed by atoms with Gasteiger partial charge in [-0.1, -0.05) is 41.9 Å². The van der Waals surface area contributed by atoms with E-state index in [2.05, 4.69) is 6.07 Å².